The van der Waals surface area contributed by atoms with Crippen LogP contribution in [0.3, 0.4) is 0 Å². The Kier molecular flexibility index (Phi) is 7.91. The summed E-state index contributed by atoms with van der Waals surface area (Å²) in [7, 11) is 0. The predicted molar refractivity (Wildman–Crippen MR) is 132 cm³/mol. The number of piperidine rings is 1. The van der Waals surface area contributed by atoms with Crippen LogP contribution in [0.4, 0.5) is 4.79 Å². The molecule has 0 saturated carbocycles. The summed E-state index contributed by atoms with van der Waals surface area (Å²) in [5, 5.41) is 3.17. The van der Waals surface area contributed by atoms with Crippen molar-refractivity contribution in [3.05, 3.63) is 35.9 Å². The van der Waals surface area contributed by atoms with E-state index in [1.807, 2.05) is 35.2 Å². The van der Waals surface area contributed by atoms with Gasteiger partial charge in [-0.3, -0.25) is 14.5 Å². The molecule has 3 fully saturated rings. The van der Waals surface area contributed by atoms with Gasteiger partial charge in [-0.25, -0.2) is 4.79 Å². The Morgan fingerprint density at radius 1 is 1.00 bits per heavy atom. The van der Waals surface area contributed by atoms with E-state index in [9.17, 15) is 14.4 Å². The summed E-state index contributed by atoms with van der Waals surface area (Å²) in [6.45, 7) is 8.69. The van der Waals surface area contributed by atoms with Crippen molar-refractivity contribution in [2.75, 3.05) is 39.3 Å². The van der Waals surface area contributed by atoms with Crippen molar-refractivity contribution >= 4 is 17.8 Å². The summed E-state index contributed by atoms with van der Waals surface area (Å²) >= 11 is 0. The topological polar surface area (TPSA) is 73.0 Å². The standard InChI is InChI=1S/C27H40N4O3/c1-3-22(4-2)24(32)30-16-12-23(13-17-30)27(20-21-10-6-5-7-11-21)25(33)31(26(34)28-27)19-18-29-14-8-9-15-29/h5-7,10-11,22-23H,3-4,8-9,12-20H2,1-2H3,(H,28,34). The number of amides is 4. The highest BCUT2D eigenvalue weighted by atomic mass is 16.2. The molecule has 3 aliphatic rings. The molecule has 4 rings (SSSR count). The zero-order valence-corrected chi connectivity index (χ0v) is 20.8. The summed E-state index contributed by atoms with van der Waals surface area (Å²) < 4.78 is 0. The van der Waals surface area contributed by atoms with Crippen LogP contribution in [0, 0.1) is 11.8 Å². The summed E-state index contributed by atoms with van der Waals surface area (Å²) in [6.07, 6.45) is 6.03. The van der Waals surface area contributed by atoms with Crippen molar-refractivity contribution in [2.24, 2.45) is 11.8 Å². The minimum absolute atomic E-state index is 0.00620. The Bertz CT molecular complexity index is 858. The Balaban J connectivity index is 1.51. The fourth-order valence-electron chi connectivity index (χ4n) is 6.04. The summed E-state index contributed by atoms with van der Waals surface area (Å²) in [6, 6.07) is 9.71. The lowest BCUT2D eigenvalue weighted by molar-refractivity contribution is -0.139. The van der Waals surface area contributed by atoms with E-state index < -0.39 is 5.54 Å². The van der Waals surface area contributed by atoms with Gasteiger partial charge < -0.3 is 15.1 Å². The monoisotopic (exact) mass is 468 g/mol. The number of hydrogen-bond donors (Lipinski definition) is 1. The number of nitrogens with one attached hydrogen (secondary N) is 1. The number of nitrogens with zero attached hydrogens (tertiary/aromatic N) is 3. The molecule has 0 bridgehead atoms. The zero-order valence-electron chi connectivity index (χ0n) is 20.8. The van der Waals surface area contributed by atoms with Crippen molar-refractivity contribution in [3.8, 4) is 0 Å². The quantitative estimate of drug-likeness (QED) is 0.565. The Morgan fingerprint density at radius 2 is 1.65 bits per heavy atom. The zero-order chi connectivity index (χ0) is 24.1. The highest BCUT2D eigenvalue weighted by molar-refractivity contribution is 6.07. The molecule has 0 spiro atoms. The predicted octanol–water partition coefficient (Wildman–Crippen LogP) is 3.29. The van der Waals surface area contributed by atoms with Gasteiger partial charge in [0.15, 0.2) is 0 Å². The van der Waals surface area contributed by atoms with Crippen LogP contribution in [0.15, 0.2) is 30.3 Å². The Labute approximate surface area is 203 Å². The third-order valence-electron chi connectivity index (χ3n) is 8.20. The number of urea groups is 1. The van der Waals surface area contributed by atoms with Gasteiger partial charge in [-0.05, 0) is 63.1 Å². The molecule has 1 N–H and O–H groups in total. The Morgan fingerprint density at radius 3 is 2.26 bits per heavy atom. The van der Waals surface area contributed by atoms with Crippen molar-refractivity contribution in [3.63, 3.8) is 0 Å². The van der Waals surface area contributed by atoms with Crippen molar-refractivity contribution in [1.82, 2.24) is 20.0 Å². The molecule has 1 aromatic rings. The van der Waals surface area contributed by atoms with E-state index in [0.717, 1.165) is 50.9 Å². The molecule has 4 amide bonds. The van der Waals surface area contributed by atoms with Crippen molar-refractivity contribution < 1.29 is 14.4 Å². The maximum absolute atomic E-state index is 13.9. The maximum Gasteiger partial charge on any atom is 0.325 e. The third kappa shape index (κ3) is 4.99. The highest BCUT2D eigenvalue weighted by Crippen LogP contribution is 2.37. The third-order valence-corrected chi connectivity index (χ3v) is 8.20. The number of hydrogen-bond acceptors (Lipinski definition) is 4. The molecule has 1 unspecified atom stereocenters. The summed E-state index contributed by atoms with van der Waals surface area (Å²) in [5.74, 6) is 0.218. The largest absolute Gasteiger partial charge is 0.342 e. The van der Waals surface area contributed by atoms with Crippen LogP contribution in [0.1, 0.15) is 57.9 Å². The second-order valence-corrected chi connectivity index (χ2v) is 10.2. The fourth-order valence-corrected chi connectivity index (χ4v) is 6.04. The molecule has 0 aromatic heterocycles. The molecule has 0 radical (unpaired) electrons. The normalized spacial score (nSPS) is 24.3. The molecule has 7 heteroatoms. The van der Waals surface area contributed by atoms with Crippen LogP contribution < -0.4 is 5.32 Å². The van der Waals surface area contributed by atoms with Crippen LogP contribution >= 0.6 is 0 Å². The van der Waals surface area contributed by atoms with E-state index in [1.165, 1.54) is 17.7 Å². The number of likely N-dealkylation sites (tertiary alicyclic amines) is 2. The lowest BCUT2D eigenvalue weighted by atomic mass is 9.73. The molecule has 0 aliphatic carbocycles. The summed E-state index contributed by atoms with van der Waals surface area (Å²) in [4.78, 5) is 45.7. The molecule has 7 nitrogen and oxygen atoms in total. The average Bonchev–Trinajstić information content (AvgIpc) is 3.46. The number of carbonyl (C=O) groups is 3. The van der Waals surface area contributed by atoms with Crippen molar-refractivity contribution in [2.45, 2.75) is 64.3 Å². The van der Waals surface area contributed by atoms with Gasteiger partial charge in [-0.1, -0.05) is 44.2 Å². The van der Waals surface area contributed by atoms with Gasteiger partial charge in [0.1, 0.15) is 5.54 Å². The van der Waals surface area contributed by atoms with E-state index in [2.05, 4.69) is 24.1 Å². The van der Waals surface area contributed by atoms with E-state index in [0.29, 0.717) is 26.1 Å². The van der Waals surface area contributed by atoms with E-state index in [-0.39, 0.29) is 29.7 Å². The molecule has 186 valence electrons. The van der Waals surface area contributed by atoms with Gasteiger partial charge in [-0.2, -0.15) is 0 Å². The molecule has 34 heavy (non-hydrogen) atoms. The first kappa shape index (κ1) is 24.7. The first-order valence-corrected chi connectivity index (χ1v) is 13.2. The SMILES string of the molecule is CCC(CC)C(=O)N1CCC(C2(Cc3ccccc3)NC(=O)N(CCN3CCCC3)C2=O)CC1. The van der Waals surface area contributed by atoms with Crippen molar-refractivity contribution in [1.29, 1.82) is 0 Å². The van der Waals surface area contributed by atoms with Gasteiger partial charge in [-0.15, -0.1) is 0 Å². The number of carbonyl (C=O) groups excluding carboxylic acids is 3. The van der Waals surface area contributed by atoms with Gasteiger partial charge in [0.25, 0.3) is 5.91 Å². The number of imide groups is 1. The molecule has 1 atom stereocenters. The number of rotatable bonds is 9. The molecule has 3 saturated heterocycles. The van der Waals surface area contributed by atoms with Gasteiger partial charge >= 0.3 is 6.03 Å². The second-order valence-electron chi connectivity index (χ2n) is 10.2. The maximum atomic E-state index is 13.9. The molecule has 1 aromatic carbocycles. The first-order valence-electron chi connectivity index (χ1n) is 13.2. The van der Waals surface area contributed by atoms with Crippen LogP contribution in [0.5, 0.6) is 0 Å². The Hall–Kier alpha value is -2.41. The molecular formula is C27H40N4O3. The van der Waals surface area contributed by atoms with E-state index in [1.54, 1.807) is 0 Å². The molecule has 3 aliphatic heterocycles. The minimum Gasteiger partial charge on any atom is -0.342 e. The fraction of sp³-hybridized carbons (Fsp3) is 0.667. The first-order chi connectivity index (χ1) is 16.5. The summed E-state index contributed by atoms with van der Waals surface area (Å²) in [5.41, 5.74) is 0.112. The lowest BCUT2D eigenvalue weighted by Gasteiger charge is -2.41. The minimum atomic E-state index is -0.937. The van der Waals surface area contributed by atoms with Gasteiger partial charge in [0, 0.05) is 38.5 Å². The number of benzene rings is 1. The van der Waals surface area contributed by atoms with Crippen LogP contribution in [0.25, 0.3) is 0 Å². The second kappa shape index (κ2) is 10.9. The van der Waals surface area contributed by atoms with E-state index >= 15 is 0 Å². The highest BCUT2D eigenvalue weighted by Gasteiger charge is 2.56. The van der Waals surface area contributed by atoms with Crippen LogP contribution in [0.2, 0.25) is 0 Å². The van der Waals surface area contributed by atoms with Crippen LogP contribution in [-0.4, -0.2) is 77.4 Å². The lowest BCUT2D eigenvalue weighted by Crippen LogP contribution is -2.58. The van der Waals surface area contributed by atoms with Gasteiger partial charge in [0.2, 0.25) is 5.91 Å². The molecule has 3 heterocycles. The van der Waals surface area contributed by atoms with Crippen LogP contribution in [-0.2, 0) is 16.0 Å². The smallest absolute Gasteiger partial charge is 0.325 e. The van der Waals surface area contributed by atoms with Gasteiger partial charge in [0.05, 0.1) is 0 Å². The molecular weight excluding hydrogens is 428 g/mol. The van der Waals surface area contributed by atoms with E-state index in [4.69, 9.17) is 0 Å². The average molecular weight is 469 g/mol.